The maximum absolute atomic E-state index is 10.8. The highest BCUT2D eigenvalue weighted by molar-refractivity contribution is 7.80. The fraction of sp³-hybridized carbons (Fsp3) is 0.947. The summed E-state index contributed by atoms with van der Waals surface area (Å²) >= 11 is 4.04. The molecule has 138 valence electrons. The average Bonchev–Trinajstić information content (AvgIpc) is 2.54. The molecule has 0 fully saturated rings. The minimum absolute atomic E-state index is 0.355. The lowest BCUT2D eigenvalue weighted by Gasteiger charge is -2.11. The van der Waals surface area contributed by atoms with Gasteiger partial charge in [0.25, 0.3) is 0 Å². The summed E-state index contributed by atoms with van der Waals surface area (Å²) < 4.78 is 0. The quantitative estimate of drug-likeness (QED) is 0.229. The van der Waals surface area contributed by atoms with Gasteiger partial charge in [0, 0.05) is 5.75 Å². The summed E-state index contributed by atoms with van der Waals surface area (Å²) in [5.74, 6) is -0.445. The average molecular weight is 346 g/mol. The Morgan fingerprint density at radius 1 is 0.826 bits per heavy atom. The normalized spacial score (nSPS) is 12.4. The fourth-order valence-corrected chi connectivity index (χ4v) is 3.11. The maximum Gasteiger partial charge on any atom is 0.321 e. The number of thiol groups is 1. The topological polar surface area (TPSA) is 49.3 Å². The third kappa shape index (κ3) is 16.4. The molecule has 4 heteroatoms. The third-order valence-electron chi connectivity index (χ3n) is 4.40. The third-order valence-corrected chi connectivity index (χ3v) is 4.77. The van der Waals surface area contributed by atoms with Crippen LogP contribution in [0.3, 0.4) is 0 Å². The molecule has 0 aliphatic rings. The molecule has 0 spiro atoms. The van der Waals surface area contributed by atoms with Crippen molar-refractivity contribution < 1.29 is 9.90 Å². The van der Waals surface area contributed by atoms with Crippen molar-refractivity contribution >= 4 is 18.6 Å². The summed E-state index contributed by atoms with van der Waals surface area (Å²) in [7, 11) is 0. The van der Waals surface area contributed by atoms with Crippen LogP contribution >= 0.6 is 12.6 Å². The van der Waals surface area contributed by atoms with Crippen LogP contribution in [0, 0.1) is 0 Å². The predicted octanol–water partition coefficient (Wildman–Crippen LogP) is 5.44. The molecule has 0 aromatic heterocycles. The number of nitrogens with one attached hydrogen (secondary N) is 1. The van der Waals surface area contributed by atoms with Gasteiger partial charge in [0.1, 0.15) is 6.04 Å². The SMILES string of the molecule is CCCCCCCCCCCCCCCCNC(CS)C(=O)O. The highest BCUT2D eigenvalue weighted by Gasteiger charge is 2.13. The van der Waals surface area contributed by atoms with E-state index in [4.69, 9.17) is 5.11 Å². The first kappa shape index (κ1) is 22.8. The molecule has 0 amide bonds. The van der Waals surface area contributed by atoms with Gasteiger partial charge in [-0.15, -0.1) is 0 Å². The zero-order valence-corrected chi connectivity index (χ0v) is 16.1. The van der Waals surface area contributed by atoms with Gasteiger partial charge in [0.2, 0.25) is 0 Å². The van der Waals surface area contributed by atoms with Gasteiger partial charge in [-0.05, 0) is 13.0 Å². The monoisotopic (exact) mass is 345 g/mol. The van der Waals surface area contributed by atoms with E-state index in [0.717, 1.165) is 13.0 Å². The van der Waals surface area contributed by atoms with Crippen LogP contribution in [0.4, 0.5) is 0 Å². The molecule has 0 heterocycles. The Bertz CT molecular complexity index is 262. The Morgan fingerprint density at radius 3 is 1.57 bits per heavy atom. The molecule has 0 aromatic carbocycles. The van der Waals surface area contributed by atoms with Gasteiger partial charge in [0.15, 0.2) is 0 Å². The highest BCUT2D eigenvalue weighted by Crippen LogP contribution is 2.12. The highest BCUT2D eigenvalue weighted by atomic mass is 32.1. The molecule has 3 nitrogen and oxygen atoms in total. The summed E-state index contributed by atoms with van der Waals surface area (Å²) in [4.78, 5) is 10.8. The molecule has 0 saturated heterocycles. The van der Waals surface area contributed by atoms with E-state index >= 15 is 0 Å². The number of carboxylic acid groups (broad SMARTS) is 1. The second-order valence-corrected chi connectivity index (χ2v) is 6.99. The van der Waals surface area contributed by atoms with Gasteiger partial charge in [-0.3, -0.25) is 4.79 Å². The smallest absolute Gasteiger partial charge is 0.321 e. The van der Waals surface area contributed by atoms with Crippen LogP contribution in [0.1, 0.15) is 96.8 Å². The first-order chi connectivity index (χ1) is 11.2. The number of carboxylic acids is 1. The van der Waals surface area contributed by atoms with Crippen LogP contribution < -0.4 is 5.32 Å². The molecular formula is C19H39NO2S. The van der Waals surface area contributed by atoms with E-state index in [0.29, 0.717) is 5.75 Å². The zero-order valence-electron chi connectivity index (χ0n) is 15.2. The van der Waals surface area contributed by atoms with Crippen molar-refractivity contribution in [3.05, 3.63) is 0 Å². The van der Waals surface area contributed by atoms with E-state index in [2.05, 4.69) is 24.9 Å². The minimum Gasteiger partial charge on any atom is -0.480 e. The molecule has 0 aliphatic carbocycles. The lowest BCUT2D eigenvalue weighted by Crippen LogP contribution is -2.38. The molecule has 0 aromatic rings. The number of rotatable bonds is 18. The van der Waals surface area contributed by atoms with Crippen LogP contribution in [0.25, 0.3) is 0 Å². The van der Waals surface area contributed by atoms with Crippen molar-refractivity contribution in [3.63, 3.8) is 0 Å². The number of hydrogen-bond acceptors (Lipinski definition) is 3. The van der Waals surface area contributed by atoms with Gasteiger partial charge in [-0.2, -0.15) is 12.6 Å². The van der Waals surface area contributed by atoms with Crippen LogP contribution in [0.15, 0.2) is 0 Å². The van der Waals surface area contributed by atoms with Crippen LogP contribution in [0.2, 0.25) is 0 Å². The van der Waals surface area contributed by atoms with Crippen molar-refractivity contribution in [3.8, 4) is 0 Å². The van der Waals surface area contributed by atoms with E-state index in [1.165, 1.54) is 83.5 Å². The van der Waals surface area contributed by atoms with Crippen molar-refractivity contribution in [1.82, 2.24) is 5.32 Å². The molecule has 0 radical (unpaired) electrons. The van der Waals surface area contributed by atoms with Crippen molar-refractivity contribution in [2.45, 2.75) is 103 Å². The van der Waals surface area contributed by atoms with Crippen molar-refractivity contribution in [2.75, 3.05) is 12.3 Å². The Hall–Kier alpha value is -0.220. The summed E-state index contributed by atoms with van der Waals surface area (Å²) in [6, 6.07) is -0.500. The fourth-order valence-electron chi connectivity index (χ4n) is 2.83. The zero-order chi connectivity index (χ0) is 17.2. The number of aliphatic carboxylic acids is 1. The molecule has 0 saturated carbocycles. The predicted molar refractivity (Wildman–Crippen MR) is 104 cm³/mol. The molecule has 23 heavy (non-hydrogen) atoms. The second kappa shape index (κ2) is 18.1. The molecule has 1 unspecified atom stereocenters. The molecule has 1 atom stereocenters. The van der Waals surface area contributed by atoms with E-state index in [1.807, 2.05) is 0 Å². The first-order valence-corrected chi connectivity index (χ1v) is 10.4. The largest absolute Gasteiger partial charge is 0.480 e. The maximum atomic E-state index is 10.8. The first-order valence-electron chi connectivity index (χ1n) is 9.79. The van der Waals surface area contributed by atoms with E-state index in [-0.39, 0.29) is 0 Å². The van der Waals surface area contributed by atoms with Crippen LogP contribution in [-0.2, 0) is 4.79 Å². The van der Waals surface area contributed by atoms with Gasteiger partial charge >= 0.3 is 5.97 Å². The number of unbranched alkanes of at least 4 members (excludes halogenated alkanes) is 13. The Labute approximate surface area is 149 Å². The van der Waals surface area contributed by atoms with Crippen molar-refractivity contribution in [2.24, 2.45) is 0 Å². The van der Waals surface area contributed by atoms with Crippen molar-refractivity contribution in [1.29, 1.82) is 0 Å². The molecule has 0 bridgehead atoms. The minimum atomic E-state index is -0.801. The van der Waals surface area contributed by atoms with E-state index in [1.54, 1.807) is 0 Å². The standard InChI is InChI=1S/C19H39NO2S/c1-2-3-4-5-6-7-8-9-10-11-12-13-14-15-16-20-18(17-23)19(21)22/h18,20,23H,2-17H2,1H3,(H,21,22). The van der Waals surface area contributed by atoms with Gasteiger partial charge in [-0.1, -0.05) is 90.4 Å². The van der Waals surface area contributed by atoms with E-state index in [9.17, 15) is 4.79 Å². The Morgan fingerprint density at radius 2 is 1.22 bits per heavy atom. The number of hydrogen-bond donors (Lipinski definition) is 3. The van der Waals surface area contributed by atoms with Crippen LogP contribution in [-0.4, -0.2) is 29.4 Å². The Kier molecular flexibility index (Phi) is 18.0. The van der Waals surface area contributed by atoms with Gasteiger partial charge in [-0.25, -0.2) is 0 Å². The van der Waals surface area contributed by atoms with Gasteiger partial charge < -0.3 is 10.4 Å². The molecule has 2 N–H and O–H groups in total. The summed E-state index contributed by atoms with van der Waals surface area (Å²) in [6.45, 7) is 3.06. The lowest BCUT2D eigenvalue weighted by atomic mass is 10.0. The van der Waals surface area contributed by atoms with E-state index < -0.39 is 12.0 Å². The second-order valence-electron chi connectivity index (χ2n) is 6.62. The van der Waals surface area contributed by atoms with Crippen LogP contribution in [0.5, 0.6) is 0 Å². The lowest BCUT2D eigenvalue weighted by molar-refractivity contribution is -0.138. The Balaban J connectivity index is 3.12. The molecular weight excluding hydrogens is 306 g/mol. The summed E-state index contributed by atoms with van der Waals surface area (Å²) in [5, 5.41) is 11.9. The molecule has 0 aliphatic heterocycles. The summed E-state index contributed by atoms with van der Waals surface area (Å²) in [5.41, 5.74) is 0. The van der Waals surface area contributed by atoms with Gasteiger partial charge in [0.05, 0.1) is 0 Å². The molecule has 0 rings (SSSR count). The summed E-state index contributed by atoms with van der Waals surface area (Å²) in [6.07, 6.45) is 18.9. The number of carbonyl (C=O) groups is 1.